The predicted octanol–water partition coefficient (Wildman–Crippen LogP) is 3.84. The number of aryl methyl sites for hydroxylation is 1. The maximum Gasteiger partial charge on any atom is 0.409 e. The first-order valence-corrected chi connectivity index (χ1v) is 12.0. The fourth-order valence-corrected chi connectivity index (χ4v) is 4.33. The van der Waals surface area contributed by atoms with Gasteiger partial charge in [0.1, 0.15) is 5.58 Å². The first-order valence-electron chi connectivity index (χ1n) is 12.0. The van der Waals surface area contributed by atoms with Crippen molar-refractivity contribution >= 4 is 28.8 Å². The van der Waals surface area contributed by atoms with E-state index in [1.165, 1.54) is 0 Å². The third-order valence-corrected chi connectivity index (χ3v) is 6.33. The molecular formula is C25H35N3O6. The van der Waals surface area contributed by atoms with Gasteiger partial charge in [-0.2, -0.15) is 0 Å². The van der Waals surface area contributed by atoms with Crippen molar-refractivity contribution in [2.45, 2.75) is 53.0 Å². The van der Waals surface area contributed by atoms with E-state index in [1.54, 1.807) is 11.8 Å². The van der Waals surface area contributed by atoms with Crippen LogP contribution in [0.2, 0.25) is 0 Å². The summed E-state index contributed by atoms with van der Waals surface area (Å²) >= 11 is 0. The Bertz CT molecular complexity index is 1050. The topological polar surface area (TPSA) is 101 Å². The lowest BCUT2D eigenvalue weighted by atomic mass is 10.0. The number of hydrogen-bond acceptors (Lipinski definition) is 7. The number of nitrogens with zero attached hydrogens (tertiary/aromatic N) is 2. The SMILES string of the molecule is CCOC(=O)N1CCC(NC(=O)OCCc2c(C)c3ccc(N(CC)CC)cc3oc2=O)CC1. The van der Waals surface area contributed by atoms with Crippen LogP contribution in [0.1, 0.15) is 44.7 Å². The fraction of sp³-hybridized carbons (Fsp3) is 0.560. The molecule has 0 unspecified atom stereocenters. The normalized spacial score (nSPS) is 14.2. The summed E-state index contributed by atoms with van der Waals surface area (Å²) in [5, 5.41) is 3.72. The summed E-state index contributed by atoms with van der Waals surface area (Å²) in [5.74, 6) is 0. The summed E-state index contributed by atoms with van der Waals surface area (Å²) in [6, 6.07) is 5.84. The first kappa shape index (κ1) is 25.4. The van der Waals surface area contributed by atoms with E-state index in [0.717, 1.165) is 29.7 Å². The van der Waals surface area contributed by atoms with Crippen LogP contribution in [0.3, 0.4) is 0 Å². The van der Waals surface area contributed by atoms with Gasteiger partial charge in [0.2, 0.25) is 0 Å². The smallest absolute Gasteiger partial charge is 0.409 e. The quantitative estimate of drug-likeness (QED) is 0.581. The Morgan fingerprint density at radius 3 is 2.50 bits per heavy atom. The number of likely N-dealkylation sites (tertiary alicyclic amines) is 1. The number of piperidine rings is 1. The number of ether oxygens (including phenoxy) is 2. The fourth-order valence-electron chi connectivity index (χ4n) is 4.33. The molecular weight excluding hydrogens is 438 g/mol. The van der Waals surface area contributed by atoms with Crippen molar-refractivity contribution in [2.24, 2.45) is 0 Å². The van der Waals surface area contributed by atoms with Crippen LogP contribution >= 0.6 is 0 Å². The highest BCUT2D eigenvalue weighted by atomic mass is 16.6. The molecule has 0 spiro atoms. The van der Waals surface area contributed by atoms with Gasteiger partial charge in [-0.3, -0.25) is 0 Å². The Labute approximate surface area is 200 Å². The van der Waals surface area contributed by atoms with Gasteiger partial charge in [0.25, 0.3) is 0 Å². The van der Waals surface area contributed by atoms with Crippen molar-refractivity contribution in [1.82, 2.24) is 10.2 Å². The van der Waals surface area contributed by atoms with Crippen molar-refractivity contribution < 1.29 is 23.5 Å². The van der Waals surface area contributed by atoms with E-state index in [2.05, 4.69) is 24.1 Å². The van der Waals surface area contributed by atoms with E-state index >= 15 is 0 Å². The lowest BCUT2D eigenvalue weighted by Gasteiger charge is -2.31. The van der Waals surface area contributed by atoms with Gasteiger partial charge >= 0.3 is 17.8 Å². The number of nitrogens with one attached hydrogen (secondary N) is 1. The number of fused-ring (bicyclic) bond motifs is 1. The van der Waals surface area contributed by atoms with E-state index in [4.69, 9.17) is 13.9 Å². The van der Waals surface area contributed by atoms with E-state index in [0.29, 0.717) is 43.7 Å². The van der Waals surface area contributed by atoms with Gasteiger partial charge in [-0.05, 0) is 58.2 Å². The van der Waals surface area contributed by atoms with E-state index < -0.39 is 11.7 Å². The second-order valence-corrected chi connectivity index (χ2v) is 8.34. The second-order valence-electron chi connectivity index (χ2n) is 8.34. The molecule has 2 aromatic rings. The van der Waals surface area contributed by atoms with Crippen molar-refractivity contribution in [1.29, 1.82) is 0 Å². The lowest BCUT2D eigenvalue weighted by molar-refractivity contribution is 0.0932. The molecule has 0 bridgehead atoms. The van der Waals surface area contributed by atoms with Gasteiger partial charge in [-0.15, -0.1) is 0 Å². The molecule has 3 rings (SSSR count). The molecule has 9 nitrogen and oxygen atoms in total. The summed E-state index contributed by atoms with van der Waals surface area (Å²) in [5.41, 5.74) is 2.52. The second kappa shape index (κ2) is 11.8. The Morgan fingerprint density at radius 2 is 1.85 bits per heavy atom. The third-order valence-electron chi connectivity index (χ3n) is 6.33. The van der Waals surface area contributed by atoms with Crippen LogP contribution in [0.15, 0.2) is 27.4 Å². The molecule has 34 heavy (non-hydrogen) atoms. The minimum atomic E-state index is -0.527. The molecule has 2 heterocycles. The summed E-state index contributed by atoms with van der Waals surface area (Å²) in [6.45, 7) is 11.0. The van der Waals surface area contributed by atoms with Crippen molar-refractivity contribution in [3.05, 3.63) is 39.7 Å². The molecule has 0 saturated carbocycles. The number of carbonyl (C=O) groups is 2. The number of amides is 2. The zero-order chi connectivity index (χ0) is 24.7. The summed E-state index contributed by atoms with van der Waals surface area (Å²) in [7, 11) is 0. The summed E-state index contributed by atoms with van der Waals surface area (Å²) < 4.78 is 15.9. The number of anilines is 1. The first-order chi connectivity index (χ1) is 16.4. The van der Waals surface area contributed by atoms with Crippen molar-refractivity contribution in [2.75, 3.05) is 44.3 Å². The highest BCUT2D eigenvalue weighted by molar-refractivity contribution is 5.84. The van der Waals surface area contributed by atoms with Gasteiger partial charge in [0.15, 0.2) is 0 Å². The van der Waals surface area contributed by atoms with Gasteiger partial charge in [-0.1, -0.05) is 0 Å². The van der Waals surface area contributed by atoms with E-state index in [-0.39, 0.29) is 25.2 Å². The van der Waals surface area contributed by atoms with Crippen molar-refractivity contribution in [3.63, 3.8) is 0 Å². The molecule has 1 N–H and O–H groups in total. The monoisotopic (exact) mass is 473 g/mol. The average Bonchev–Trinajstić information content (AvgIpc) is 2.82. The van der Waals surface area contributed by atoms with Crippen LogP contribution in [0.25, 0.3) is 11.0 Å². The molecule has 0 aliphatic carbocycles. The Kier molecular flexibility index (Phi) is 8.79. The van der Waals surface area contributed by atoms with Gasteiger partial charge in [0.05, 0.1) is 13.2 Å². The molecule has 2 amide bonds. The van der Waals surface area contributed by atoms with E-state index in [1.807, 2.05) is 25.1 Å². The number of benzene rings is 1. The van der Waals surface area contributed by atoms with Gasteiger partial charge in [0, 0.05) is 61.3 Å². The maximum absolute atomic E-state index is 12.6. The Hall–Kier alpha value is -3.23. The highest BCUT2D eigenvalue weighted by Gasteiger charge is 2.25. The highest BCUT2D eigenvalue weighted by Crippen LogP contribution is 2.25. The molecule has 1 aromatic heterocycles. The molecule has 186 valence electrons. The molecule has 9 heteroatoms. The molecule has 1 aliphatic heterocycles. The van der Waals surface area contributed by atoms with Crippen LogP contribution in [-0.4, -0.2) is 62.5 Å². The minimum Gasteiger partial charge on any atom is -0.450 e. The molecule has 1 aromatic carbocycles. The van der Waals surface area contributed by atoms with E-state index in [9.17, 15) is 14.4 Å². The molecule has 0 radical (unpaired) electrons. The number of carbonyl (C=O) groups excluding carboxylic acids is 2. The number of rotatable bonds is 8. The Morgan fingerprint density at radius 1 is 1.15 bits per heavy atom. The molecule has 1 aliphatic rings. The minimum absolute atomic E-state index is 0.0642. The summed E-state index contributed by atoms with van der Waals surface area (Å²) in [6.07, 6.45) is 0.697. The van der Waals surface area contributed by atoms with Crippen LogP contribution in [0, 0.1) is 6.92 Å². The van der Waals surface area contributed by atoms with Crippen LogP contribution in [-0.2, 0) is 15.9 Å². The summed E-state index contributed by atoms with van der Waals surface area (Å²) in [4.78, 5) is 40.4. The maximum atomic E-state index is 12.6. The molecule has 1 saturated heterocycles. The number of hydrogen-bond donors (Lipinski definition) is 1. The van der Waals surface area contributed by atoms with Gasteiger partial charge in [-0.25, -0.2) is 14.4 Å². The average molecular weight is 474 g/mol. The largest absolute Gasteiger partial charge is 0.450 e. The third kappa shape index (κ3) is 6.01. The number of alkyl carbamates (subject to hydrolysis) is 1. The predicted molar refractivity (Wildman–Crippen MR) is 131 cm³/mol. The van der Waals surface area contributed by atoms with Crippen LogP contribution < -0.4 is 15.8 Å². The zero-order valence-electron chi connectivity index (χ0n) is 20.5. The lowest BCUT2D eigenvalue weighted by Crippen LogP contribution is -2.46. The van der Waals surface area contributed by atoms with Crippen molar-refractivity contribution in [3.8, 4) is 0 Å². The van der Waals surface area contributed by atoms with Crippen LogP contribution in [0.5, 0.6) is 0 Å². The molecule has 0 atom stereocenters. The zero-order valence-corrected chi connectivity index (χ0v) is 20.5. The van der Waals surface area contributed by atoms with Gasteiger partial charge < -0.3 is 29.0 Å². The Balaban J connectivity index is 1.54. The molecule has 1 fully saturated rings. The standard InChI is InChI=1S/C25H35N3O6/c1-5-27(6-2)19-8-9-20-17(4)21(23(29)34-22(20)16-19)12-15-33-24(30)26-18-10-13-28(14-11-18)25(31)32-7-3/h8-9,16,18H,5-7,10-15H2,1-4H3,(H,26,30). The van der Waals surface area contributed by atoms with Crippen LogP contribution in [0.4, 0.5) is 15.3 Å².